The van der Waals surface area contributed by atoms with Crippen molar-refractivity contribution in [1.82, 2.24) is 9.78 Å². The summed E-state index contributed by atoms with van der Waals surface area (Å²) in [5.74, 6) is -1.22. The minimum atomic E-state index is -1.16. The normalized spacial score (nSPS) is 16.5. The molecule has 6 heteroatoms. The molecular formula is C16H17N3O3. The fourth-order valence-corrected chi connectivity index (χ4v) is 2.51. The Morgan fingerprint density at radius 1 is 1.36 bits per heavy atom. The molecule has 2 N–H and O–H groups in total. The molecule has 0 radical (unpaired) electrons. The maximum absolute atomic E-state index is 12.3. The highest BCUT2D eigenvalue weighted by Gasteiger charge is 2.33. The zero-order valence-electron chi connectivity index (χ0n) is 12.4. The van der Waals surface area contributed by atoms with Gasteiger partial charge in [-0.1, -0.05) is 24.3 Å². The third kappa shape index (κ3) is 2.26. The number of carbonyl (C=O) groups is 2. The lowest BCUT2D eigenvalue weighted by Crippen LogP contribution is -2.36. The van der Waals surface area contributed by atoms with Crippen LogP contribution in [0.4, 0.5) is 5.69 Å². The summed E-state index contributed by atoms with van der Waals surface area (Å²) in [6, 6.07) is 7.86. The van der Waals surface area contributed by atoms with Gasteiger partial charge in [-0.15, -0.1) is 0 Å². The van der Waals surface area contributed by atoms with Crippen molar-refractivity contribution in [3.8, 4) is 0 Å². The number of hydrogen-bond acceptors (Lipinski definition) is 3. The Bertz CT molecular complexity index is 749. The summed E-state index contributed by atoms with van der Waals surface area (Å²) < 4.78 is 1.33. The first kappa shape index (κ1) is 14.3. The lowest BCUT2D eigenvalue weighted by Gasteiger charge is -2.28. The first-order valence-corrected chi connectivity index (χ1v) is 7.07. The first-order valence-electron chi connectivity index (χ1n) is 7.07. The van der Waals surface area contributed by atoms with Gasteiger partial charge >= 0.3 is 5.97 Å². The van der Waals surface area contributed by atoms with E-state index in [9.17, 15) is 14.7 Å². The predicted molar refractivity (Wildman–Crippen MR) is 80.7 cm³/mol. The van der Waals surface area contributed by atoms with E-state index >= 15 is 0 Å². The molecule has 1 aliphatic carbocycles. The highest BCUT2D eigenvalue weighted by atomic mass is 16.4. The third-order valence-electron chi connectivity index (χ3n) is 4.12. The van der Waals surface area contributed by atoms with Crippen molar-refractivity contribution in [2.24, 2.45) is 0 Å². The minimum absolute atomic E-state index is 0.0913. The Kier molecular flexibility index (Phi) is 3.24. The second-order valence-corrected chi connectivity index (χ2v) is 5.98. The zero-order chi connectivity index (χ0) is 15.9. The molecule has 0 bridgehead atoms. The highest BCUT2D eigenvalue weighted by Crippen LogP contribution is 2.35. The minimum Gasteiger partial charge on any atom is -0.479 e. The summed E-state index contributed by atoms with van der Waals surface area (Å²) in [7, 11) is 0. The number of aliphatic carboxylic acids is 1. The monoisotopic (exact) mass is 299 g/mol. The topological polar surface area (TPSA) is 84.2 Å². The summed E-state index contributed by atoms with van der Waals surface area (Å²) in [5.41, 5.74) is 1.60. The quantitative estimate of drug-likeness (QED) is 0.904. The van der Waals surface area contributed by atoms with Gasteiger partial charge in [0.2, 0.25) is 5.91 Å². The lowest BCUT2D eigenvalue weighted by molar-refractivity contribution is -0.146. The summed E-state index contributed by atoms with van der Waals surface area (Å²) in [4.78, 5) is 23.5. The average molecular weight is 299 g/mol. The summed E-state index contributed by atoms with van der Waals surface area (Å²) in [6.45, 7) is 3.10. The Morgan fingerprint density at radius 3 is 2.77 bits per heavy atom. The molecule has 1 heterocycles. The number of hydrogen-bond donors (Lipinski definition) is 2. The van der Waals surface area contributed by atoms with Crippen LogP contribution in [0, 0.1) is 0 Å². The number of fused-ring (bicyclic) bond motifs is 1. The molecule has 3 rings (SSSR count). The van der Waals surface area contributed by atoms with E-state index in [4.69, 9.17) is 0 Å². The summed E-state index contributed by atoms with van der Waals surface area (Å²) in [6.07, 6.45) is 3.74. The van der Waals surface area contributed by atoms with Crippen molar-refractivity contribution in [3.63, 3.8) is 0 Å². The molecule has 1 atom stereocenters. The lowest BCUT2D eigenvalue weighted by atomic mass is 9.77. The van der Waals surface area contributed by atoms with Crippen LogP contribution in [0.2, 0.25) is 0 Å². The second-order valence-electron chi connectivity index (χ2n) is 5.98. The smallest absolute Gasteiger partial charge is 0.331 e. The Balaban J connectivity index is 1.72. The number of amides is 1. The highest BCUT2D eigenvalue weighted by molar-refractivity contribution is 5.97. The third-order valence-corrected chi connectivity index (χ3v) is 4.12. The maximum atomic E-state index is 12.3. The summed E-state index contributed by atoms with van der Waals surface area (Å²) in [5, 5.41) is 16.0. The maximum Gasteiger partial charge on any atom is 0.331 e. The molecule has 6 nitrogen and oxygen atoms in total. The largest absolute Gasteiger partial charge is 0.479 e. The molecule has 0 fully saturated rings. The van der Waals surface area contributed by atoms with Gasteiger partial charge in [-0.2, -0.15) is 5.10 Å². The van der Waals surface area contributed by atoms with Gasteiger partial charge in [0.25, 0.3) is 0 Å². The number of anilines is 1. The molecule has 0 saturated carbocycles. The van der Waals surface area contributed by atoms with Crippen LogP contribution in [-0.4, -0.2) is 26.8 Å². The van der Waals surface area contributed by atoms with E-state index in [-0.39, 0.29) is 11.8 Å². The Labute approximate surface area is 127 Å². The van der Waals surface area contributed by atoms with Crippen molar-refractivity contribution < 1.29 is 14.7 Å². The molecule has 1 amide bonds. The van der Waals surface area contributed by atoms with Gasteiger partial charge in [0.1, 0.15) is 0 Å². The van der Waals surface area contributed by atoms with E-state index in [0.29, 0.717) is 5.69 Å². The Hall–Kier alpha value is -2.63. The van der Waals surface area contributed by atoms with Crippen LogP contribution in [0.15, 0.2) is 36.7 Å². The predicted octanol–water partition coefficient (Wildman–Crippen LogP) is 1.98. The van der Waals surface area contributed by atoms with Gasteiger partial charge in [0, 0.05) is 6.20 Å². The van der Waals surface area contributed by atoms with E-state index in [0.717, 1.165) is 12.0 Å². The molecular weight excluding hydrogens is 282 g/mol. The van der Waals surface area contributed by atoms with Crippen molar-refractivity contribution >= 4 is 17.6 Å². The van der Waals surface area contributed by atoms with E-state index in [2.05, 4.69) is 10.4 Å². The van der Waals surface area contributed by atoms with Gasteiger partial charge in [-0.3, -0.25) is 9.48 Å². The van der Waals surface area contributed by atoms with Gasteiger partial charge in [-0.05, 0) is 31.4 Å². The molecule has 1 aliphatic rings. The standard InChI is InChI=1S/C16H17N3O3/c1-16(2,15(21)22)19-9-11(8-17-19)18-14(20)13-7-10-5-3-4-6-12(10)13/h3-6,8-9,13H,7H2,1-2H3,(H,18,20)(H,21,22). The number of carboxylic acids is 1. The molecule has 1 aromatic carbocycles. The van der Waals surface area contributed by atoms with Crippen LogP contribution in [0.5, 0.6) is 0 Å². The van der Waals surface area contributed by atoms with Crippen LogP contribution < -0.4 is 5.32 Å². The van der Waals surface area contributed by atoms with Crippen molar-refractivity contribution in [3.05, 3.63) is 47.8 Å². The van der Waals surface area contributed by atoms with Gasteiger partial charge in [-0.25, -0.2) is 4.79 Å². The van der Waals surface area contributed by atoms with Crippen LogP contribution in [0.3, 0.4) is 0 Å². The fourth-order valence-electron chi connectivity index (χ4n) is 2.51. The van der Waals surface area contributed by atoms with Gasteiger partial charge in [0.05, 0.1) is 17.8 Å². The Morgan fingerprint density at radius 2 is 2.09 bits per heavy atom. The SMILES string of the molecule is CC(C)(C(=O)O)n1cc(NC(=O)C2Cc3ccccc32)cn1. The average Bonchev–Trinajstić information content (AvgIpc) is 2.89. The van der Waals surface area contributed by atoms with Crippen LogP contribution in [0.25, 0.3) is 0 Å². The molecule has 114 valence electrons. The zero-order valence-corrected chi connectivity index (χ0v) is 12.4. The van der Waals surface area contributed by atoms with E-state index in [1.54, 1.807) is 13.8 Å². The number of aromatic nitrogens is 2. The van der Waals surface area contributed by atoms with Crippen LogP contribution in [0.1, 0.15) is 30.9 Å². The second kappa shape index (κ2) is 4.98. The first-order chi connectivity index (χ1) is 10.4. The van der Waals surface area contributed by atoms with Crippen molar-refractivity contribution in [1.29, 1.82) is 0 Å². The van der Waals surface area contributed by atoms with Gasteiger partial charge in [0.15, 0.2) is 5.54 Å². The van der Waals surface area contributed by atoms with Crippen molar-refractivity contribution in [2.45, 2.75) is 31.7 Å². The molecule has 0 aliphatic heterocycles. The number of carbonyl (C=O) groups excluding carboxylic acids is 1. The number of carboxylic acid groups (broad SMARTS) is 1. The number of nitrogens with one attached hydrogen (secondary N) is 1. The fraction of sp³-hybridized carbons (Fsp3) is 0.312. The van der Waals surface area contributed by atoms with E-state index in [1.807, 2.05) is 24.3 Å². The molecule has 0 saturated heterocycles. The number of nitrogens with zero attached hydrogens (tertiary/aromatic N) is 2. The summed E-state index contributed by atoms with van der Waals surface area (Å²) >= 11 is 0. The molecule has 0 spiro atoms. The molecule has 2 aromatic rings. The van der Waals surface area contributed by atoms with Gasteiger partial charge < -0.3 is 10.4 Å². The van der Waals surface area contributed by atoms with Crippen LogP contribution >= 0.6 is 0 Å². The number of benzene rings is 1. The molecule has 22 heavy (non-hydrogen) atoms. The van der Waals surface area contributed by atoms with Crippen LogP contribution in [-0.2, 0) is 21.5 Å². The molecule has 1 unspecified atom stereocenters. The number of rotatable bonds is 4. The van der Waals surface area contributed by atoms with Crippen molar-refractivity contribution in [2.75, 3.05) is 5.32 Å². The van der Waals surface area contributed by atoms with E-state index in [1.165, 1.54) is 22.6 Å². The van der Waals surface area contributed by atoms with E-state index < -0.39 is 11.5 Å². The molecule has 1 aromatic heterocycles.